The Labute approximate surface area is 173 Å². The Morgan fingerprint density at radius 3 is 2.59 bits per heavy atom. The number of hydrazine groups is 1. The summed E-state index contributed by atoms with van der Waals surface area (Å²) >= 11 is 5.85. The summed E-state index contributed by atoms with van der Waals surface area (Å²) in [6, 6.07) is 9.44. The second kappa shape index (κ2) is 9.56. The van der Waals surface area contributed by atoms with Gasteiger partial charge in [0.1, 0.15) is 5.82 Å². The third-order valence-electron chi connectivity index (χ3n) is 4.72. The van der Waals surface area contributed by atoms with Crippen molar-refractivity contribution in [2.75, 3.05) is 18.0 Å². The molecule has 1 aromatic heterocycles. The number of ether oxygens (including phenoxy) is 1. The molecule has 0 bridgehead atoms. The molecule has 1 aromatic carbocycles. The van der Waals surface area contributed by atoms with E-state index in [1.54, 1.807) is 18.3 Å². The quantitative estimate of drug-likeness (QED) is 0.727. The summed E-state index contributed by atoms with van der Waals surface area (Å²) in [5.41, 5.74) is 4.77. The number of rotatable bonds is 5. The molecule has 0 saturated carbocycles. The first-order valence-corrected chi connectivity index (χ1v) is 9.69. The van der Waals surface area contributed by atoms with Gasteiger partial charge in [-0.15, -0.1) is 0 Å². The van der Waals surface area contributed by atoms with Crippen LogP contribution in [0.15, 0.2) is 42.6 Å². The number of amides is 2. The number of pyridine rings is 1. The van der Waals surface area contributed by atoms with Crippen LogP contribution in [0.2, 0.25) is 5.02 Å². The standard InChI is InChI=1S/C20H22ClFN4O3/c1-13(29-17-5-3-2-4-16(17)22)19(27)24-25-20(28)14-8-10-26(11-9-14)18-7-6-15(21)12-23-18/h2-7,12-14H,8-11H2,1H3,(H,24,27)(H,25,28). The van der Waals surface area contributed by atoms with Crippen molar-refractivity contribution in [2.45, 2.75) is 25.9 Å². The van der Waals surface area contributed by atoms with Gasteiger partial charge in [-0.1, -0.05) is 23.7 Å². The normalized spacial score (nSPS) is 15.5. The van der Waals surface area contributed by atoms with Gasteiger partial charge in [-0.3, -0.25) is 20.4 Å². The number of carbonyl (C=O) groups excluding carboxylic acids is 2. The van der Waals surface area contributed by atoms with E-state index in [2.05, 4.69) is 20.7 Å². The minimum atomic E-state index is -0.968. The van der Waals surface area contributed by atoms with Gasteiger partial charge in [0.25, 0.3) is 5.91 Å². The predicted molar refractivity (Wildman–Crippen MR) is 107 cm³/mol. The molecule has 1 saturated heterocycles. The molecule has 29 heavy (non-hydrogen) atoms. The van der Waals surface area contributed by atoms with Crippen molar-refractivity contribution in [1.29, 1.82) is 0 Å². The summed E-state index contributed by atoms with van der Waals surface area (Å²) in [5, 5.41) is 0.576. The van der Waals surface area contributed by atoms with Crippen LogP contribution in [0.25, 0.3) is 0 Å². The van der Waals surface area contributed by atoms with Crippen LogP contribution < -0.4 is 20.5 Å². The highest BCUT2D eigenvalue weighted by Gasteiger charge is 2.26. The van der Waals surface area contributed by atoms with Crippen molar-refractivity contribution in [2.24, 2.45) is 5.92 Å². The predicted octanol–water partition coefficient (Wildman–Crippen LogP) is 2.71. The number of carbonyl (C=O) groups is 2. The molecule has 1 unspecified atom stereocenters. The van der Waals surface area contributed by atoms with Gasteiger partial charge < -0.3 is 9.64 Å². The fourth-order valence-electron chi connectivity index (χ4n) is 3.04. The lowest BCUT2D eigenvalue weighted by Gasteiger charge is -2.32. The van der Waals surface area contributed by atoms with Crippen molar-refractivity contribution in [3.05, 3.63) is 53.4 Å². The lowest BCUT2D eigenvalue weighted by Crippen LogP contribution is -2.50. The largest absolute Gasteiger partial charge is 0.478 e. The summed E-state index contributed by atoms with van der Waals surface area (Å²) in [7, 11) is 0. The van der Waals surface area contributed by atoms with Gasteiger partial charge in [0, 0.05) is 25.2 Å². The van der Waals surface area contributed by atoms with Crippen LogP contribution >= 0.6 is 11.6 Å². The Morgan fingerprint density at radius 1 is 1.21 bits per heavy atom. The van der Waals surface area contributed by atoms with Crippen LogP contribution in [0.1, 0.15) is 19.8 Å². The summed E-state index contributed by atoms with van der Waals surface area (Å²) in [6.45, 7) is 2.83. The molecule has 0 radical (unpaired) electrons. The molecule has 0 aliphatic carbocycles. The summed E-state index contributed by atoms with van der Waals surface area (Å²) < 4.78 is 18.9. The van der Waals surface area contributed by atoms with E-state index in [4.69, 9.17) is 16.3 Å². The van der Waals surface area contributed by atoms with Gasteiger partial charge in [0.2, 0.25) is 5.91 Å². The van der Waals surface area contributed by atoms with Crippen LogP contribution in [-0.4, -0.2) is 36.0 Å². The highest BCUT2D eigenvalue weighted by atomic mass is 35.5. The van der Waals surface area contributed by atoms with Crippen molar-refractivity contribution >= 4 is 29.2 Å². The molecule has 1 atom stereocenters. The van der Waals surface area contributed by atoms with E-state index in [1.165, 1.54) is 25.1 Å². The highest BCUT2D eigenvalue weighted by Crippen LogP contribution is 2.22. The van der Waals surface area contributed by atoms with Crippen molar-refractivity contribution in [1.82, 2.24) is 15.8 Å². The Balaban J connectivity index is 1.43. The van der Waals surface area contributed by atoms with Gasteiger partial charge in [-0.2, -0.15) is 0 Å². The van der Waals surface area contributed by atoms with E-state index < -0.39 is 17.8 Å². The summed E-state index contributed by atoms with van der Waals surface area (Å²) in [4.78, 5) is 30.8. The fraction of sp³-hybridized carbons (Fsp3) is 0.350. The zero-order valence-corrected chi connectivity index (χ0v) is 16.7. The maximum atomic E-state index is 13.6. The number of para-hydroxylation sites is 1. The molecule has 7 nitrogen and oxygen atoms in total. The van der Waals surface area contributed by atoms with E-state index in [0.717, 1.165) is 5.82 Å². The smallest absolute Gasteiger partial charge is 0.279 e. The SMILES string of the molecule is CC(Oc1ccccc1F)C(=O)NNC(=O)C1CCN(c2ccc(Cl)cn2)CC1. The Bertz CT molecular complexity index is 857. The maximum absolute atomic E-state index is 13.6. The summed E-state index contributed by atoms with van der Waals surface area (Å²) in [6.07, 6.45) is 1.89. The number of aromatic nitrogens is 1. The van der Waals surface area contributed by atoms with Gasteiger partial charge in [0.05, 0.1) is 5.02 Å². The van der Waals surface area contributed by atoms with Crippen LogP contribution in [0, 0.1) is 11.7 Å². The van der Waals surface area contributed by atoms with Gasteiger partial charge >= 0.3 is 0 Å². The number of nitrogens with zero attached hydrogens (tertiary/aromatic N) is 2. The molecule has 2 aromatic rings. The number of hydrogen-bond acceptors (Lipinski definition) is 5. The molecule has 3 rings (SSSR count). The minimum absolute atomic E-state index is 0.0235. The molecule has 154 valence electrons. The third-order valence-corrected chi connectivity index (χ3v) is 4.94. The minimum Gasteiger partial charge on any atom is -0.478 e. The second-order valence-electron chi connectivity index (χ2n) is 6.76. The zero-order chi connectivity index (χ0) is 20.8. The van der Waals surface area contributed by atoms with E-state index in [-0.39, 0.29) is 17.6 Å². The van der Waals surface area contributed by atoms with Gasteiger partial charge in [-0.05, 0) is 44.0 Å². The van der Waals surface area contributed by atoms with Crippen molar-refractivity contribution in [3.8, 4) is 5.75 Å². The number of halogens is 2. The first kappa shape index (κ1) is 20.9. The molecular formula is C20H22ClFN4O3. The molecule has 9 heteroatoms. The number of benzene rings is 1. The first-order valence-electron chi connectivity index (χ1n) is 9.31. The van der Waals surface area contributed by atoms with Crippen LogP contribution in [-0.2, 0) is 9.59 Å². The molecule has 0 spiro atoms. The molecular weight excluding hydrogens is 399 g/mol. The molecule has 2 heterocycles. The Morgan fingerprint density at radius 2 is 1.93 bits per heavy atom. The average Bonchev–Trinajstić information content (AvgIpc) is 2.74. The summed E-state index contributed by atoms with van der Waals surface area (Å²) in [5.74, 6) is -0.810. The topological polar surface area (TPSA) is 83.6 Å². The van der Waals surface area contributed by atoms with Crippen LogP contribution in [0.3, 0.4) is 0 Å². The van der Waals surface area contributed by atoms with Crippen molar-refractivity contribution < 1.29 is 18.7 Å². The van der Waals surface area contributed by atoms with E-state index in [1.807, 2.05) is 6.07 Å². The zero-order valence-electron chi connectivity index (χ0n) is 15.9. The van der Waals surface area contributed by atoms with E-state index in [9.17, 15) is 14.0 Å². The monoisotopic (exact) mass is 420 g/mol. The number of anilines is 1. The fourth-order valence-corrected chi connectivity index (χ4v) is 3.15. The Hall–Kier alpha value is -2.87. The molecule has 1 aliphatic rings. The first-order chi connectivity index (χ1) is 13.9. The van der Waals surface area contributed by atoms with Gasteiger partial charge in [-0.25, -0.2) is 9.37 Å². The molecule has 1 aliphatic heterocycles. The lowest BCUT2D eigenvalue weighted by atomic mass is 9.96. The molecule has 1 fully saturated rings. The number of piperidine rings is 1. The average molecular weight is 421 g/mol. The number of nitrogens with one attached hydrogen (secondary N) is 2. The van der Waals surface area contributed by atoms with Crippen molar-refractivity contribution in [3.63, 3.8) is 0 Å². The van der Waals surface area contributed by atoms with Gasteiger partial charge in [0.15, 0.2) is 17.7 Å². The highest BCUT2D eigenvalue weighted by molar-refractivity contribution is 6.30. The lowest BCUT2D eigenvalue weighted by molar-refractivity contribution is -0.134. The second-order valence-corrected chi connectivity index (χ2v) is 7.20. The Kier molecular flexibility index (Phi) is 6.87. The van der Waals surface area contributed by atoms with E-state index >= 15 is 0 Å². The van der Waals surface area contributed by atoms with Crippen LogP contribution in [0.5, 0.6) is 5.75 Å². The van der Waals surface area contributed by atoms with Crippen LogP contribution in [0.4, 0.5) is 10.2 Å². The van der Waals surface area contributed by atoms with E-state index in [0.29, 0.717) is 31.0 Å². The molecule has 2 N–H and O–H groups in total. The third kappa shape index (κ3) is 5.57. The molecule has 2 amide bonds. The number of hydrogen-bond donors (Lipinski definition) is 2. The maximum Gasteiger partial charge on any atom is 0.279 e.